The van der Waals surface area contributed by atoms with Crippen molar-refractivity contribution in [3.8, 4) is 11.5 Å². The Morgan fingerprint density at radius 2 is 2.10 bits per heavy atom. The zero-order chi connectivity index (χ0) is 15.2. The monoisotopic (exact) mass is 290 g/mol. The number of aryl methyl sites for hydroxylation is 1. The molecular formula is C14H18N4O3. The van der Waals surface area contributed by atoms with Crippen molar-refractivity contribution in [3.63, 3.8) is 0 Å². The van der Waals surface area contributed by atoms with Crippen LogP contribution in [0.25, 0.3) is 0 Å². The van der Waals surface area contributed by atoms with E-state index in [1.807, 2.05) is 13.0 Å². The van der Waals surface area contributed by atoms with Gasteiger partial charge in [-0.3, -0.25) is 9.78 Å². The highest BCUT2D eigenvalue weighted by Crippen LogP contribution is 2.13. The molecule has 0 saturated carbocycles. The molecule has 2 heterocycles. The Bertz CT molecular complexity index is 670. The molecule has 0 amide bonds. The predicted octanol–water partition coefficient (Wildman–Crippen LogP) is 0.341. The van der Waals surface area contributed by atoms with Gasteiger partial charge < -0.3 is 15.2 Å². The van der Waals surface area contributed by atoms with Crippen molar-refractivity contribution >= 4 is 0 Å². The van der Waals surface area contributed by atoms with E-state index in [-0.39, 0.29) is 12.1 Å². The van der Waals surface area contributed by atoms with Gasteiger partial charge in [0.05, 0.1) is 25.5 Å². The maximum absolute atomic E-state index is 12.0. The molecule has 2 aromatic rings. The maximum atomic E-state index is 12.0. The van der Waals surface area contributed by atoms with Gasteiger partial charge in [-0.25, -0.2) is 4.68 Å². The molecule has 2 aromatic heterocycles. The largest absolute Gasteiger partial charge is 0.497 e. The fourth-order valence-electron chi connectivity index (χ4n) is 1.85. The van der Waals surface area contributed by atoms with E-state index in [2.05, 4.69) is 10.1 Å². The van der Waals surface area contributed by atoms with E-state index < -0.39 is 0 Å². The molecule has 2 N–H and O–H groups in total. The summed E-state index contributed by atoms with van der Waals surface area (Å²) in [4.78, 5) is 16.3. The lowest BCUT2D eigenvalue weighted by atomic mass is 10.3. The minimum absolute atomic E-state index is 0.258. The normalized spacial score (nSPS) is 10.4. The Labute approximate surface area is 122 Å². The fraction of sp³-hybridized carbons (Fsp3) is 0.357. The van der Waals surface area contributed by atoms with Crippen LogP contribution in [0.2, 0.25) is 0 Å². The van der Waals surface area contributed by atoms with Crippen molar-refractivity contribution in [2.75, 3.05) is 20.3 Å². The number of pyridine rings is 1. The molecular weight excluding hydrogens is 272 g/mol. The molecule has 0 saturated heterocycles. The molecule has 0 radical (unpaired) electrons. The molecule has 0 unspecified atom stereocenters. The first-order valence-electron chi connectivity index (χ1n) is 6.54. The van der Waals surface area contributed by atoms with Crippen molar-refractivity contribution in [1.29, 1.82) is 0 Å². The first-order chi connectivity index (χ1) is 10.1. The van der Waals surface area contributed by atoms with E-state index in [1.165, 1.54) is 16.9 Å². The summed E-state index contributed by atoms with van der Waals surface area (Å²) in [6.07, 6.45) is 1.49. The Balaban J connectivity index is 2.20. The van der Waals surface area contributed by atoms with E-state index in [9.17, 15) is 4.79 Å². The highest BCUT2D eigenvalue weighted by Gasteiger charge is 2.05. The number of ether oxygens (including phenoxy) is 2. The van der Waals surface area contributed by atoms with Gasteiger partial charge in [-0.15, -0.1) is 0 Å². The lowest BCUT2D eigenvalue weighted by Crippen LogP contribution is -2.23. The molecule has 2 rings (SSSR count). The maximum Gasteiger partial charge on any atom is 0.270 e. The average molecular weight is 290 g/mol. The van der Waals surface area contributed by atoms with Crippen LogP contribution in [0.15, 0.2) is 29.2 Å². The summed E-state index contributed by atoms with van der Waals surface area (Å²) < 4.78 is 11.8. The molecule has 0 spiro atoms. The Morgan fingerprint density at radius 3 is 2.76 bits per heavy atom. The lowest BCUT2D eigenvalue weighted by molar-refractivity contribution is 0.324. The standard InChI is InChI=1S/C14H18N4O3/c1-10-5-12(20-2)6-11(17-10)9-18-14(19)7-13(8-16-18)21-4-3-15/h5-8H,3-4,9,15H2,1-2H3. The first-order valence-corrected chi connectivity index (χ1v) is 6.54. The summed E-state index contributed by atoms with van der Waals surface area (Å²) in [6.45, 7) is 2.87. The van der Waals surface area contributed by atoms with E-state index >= 15 is 0 Å². The number of nitrogens with zero attached hydrogens (tertiary/aromatic N) is 3. The highest BCUT2D eigenvalue weighted by atomic mass is 16.5. The van der Waals surface area contributed by atoms with Gasteiger partial charge >= 0.3 is 0 Å². The minimum Gasteiger partial charge on any atom is -0.497 e. The molecule has 7 heteroatoms. The molecule has 0 aliphatic rings. The topological polar surface area (TPSA) is 92.3 Å². The van der Waals surface area contributed by atoms with Crippen LogP contribution in [-0.2, 0) is 6.54 Å². The van der Waals surface area contributed by atoms with Crippen LogP contribution in [0, 0.1) is 6.92 Å². The van der Waals surface area contributed by atoms with Crippen molar-refractivity contribution in [2.45, 2.75) is 13.5 Å². The van der Waals surface area contributed by atoms with E-state index in [1.54, 1.807) is 13.2 Å². The van der Waals surface area contributed by atoms with Gasteiger partial charge in [0.15, 0.2) is 0 Å². The summed E-state index contributed by atoms with van der Waals surface area (Å²) in [6, 6.07) is 4.99. The molecule has 21 heavy (non-hydrogen) atoms. The van der Waals surface area contributed by atoms with Crippen LogP contribution in [0.3, 0.4) is 0 Å². The third-order valence-electron chi connectivity index (χ3n) is 2.76. The van der Waals surface area contributed by atoms with Gasteiger partial charge in [-0.05, 0) is 6.92 Å². The summed E-state index contributed by atoms with van der Waals surface area (Å²) in [7, 11) is 1.59. The number of hydrogen-bond acceptors (Lipinski definition) is 6. The Kier molecular flexibility index (Phi) is 4.89. The number of aromatic nitrogens is 3. The van der Waals surface area contributed by atoms with Gasteiger partial charge in [0.1, 0.15) is 18.1 Å². The van der Waals surface area contributed by atoms with Crippen LogP contribution < -0.4 is 20.8 Å². The minimum atomic E-state index is -0.258. The van der Waals surface area contributed by atoms with E-state index in [4.69, 9.17) is 15.2 Å². The SMILES string of the molecule is COc1cc(C)nc(Cn2ncc(OCCN)cc2=O)c1. The van der Waals surface area contributed by atoms with Crippen molar-refractivity contribution in [2.24, 2.45) is 5.73 Å². The third kappa shape index (κ3) is 4.03. The summed E-state index contributed by atoms with van der Waals surface area (Å²) in [5, 5.41) is 4.07. The van der Waals surface area contributed by atoms with Gasteiger partial charge in [-0.1, -0.05) is 0 Å². The van der Waals surface area contributed by atoms with Crippen LogP contribution in [0.1, 0.15) is 11.4 Å². The number of nitrogens with two attached hydrogens (primary N) is 1. The summed E-state index contributed by atoms with van der Waals surface area (Å²) in [5.74, 6) is 1.12. The zero-order valence-electron chi connectivity index (χ0n) is 12.1. The zero-order valence-corrected chi connectivity index (χ0v) is 12.1. The molecule has 7 nitrogen and oxygen atoms in total. The van der Waals surface area contributed by atoms with E-state index in [0.29, 0.717) is 30.3 Å². The number of rotatable bonds is 6. The summed E-state index contributed by atoms with van der Waals surface area (Å²) in [5.41, 5.74) is 6.61. The van der Waals surface area contributed by atoms with Gasteiger partial charge in [0.25, 0.3) is 5.56 Å². The Morgan fingerprint density at radius 1 is 1.29 bits per heavy atom. The van der Waals surface area contributed by atoms with Gasteiger partial charge in [-0.2, -0.15) is 5.10 Å². The summed E-state index contributed by atoms with van der Waals surface area (Å²) >= 11 is 0. The second-order valence-electron chi connectivity index (χ2n) is 4.46. The van der Waals surface area contributed by atoms with Gasteiger partial charge in [0.2, 0.25) is 0 Å². The number of methoxy groups -OCH3 is 1. The molecule has 0 bridgehead atoms. The van der Waals surface area contributed by atoms with Crippen LogP contribution >= 0.6 is 0 Å². The first kappa shape index (κ1) is 15.0. The van der Waals surface area contributed by atoms with Crippen molar-refractivity contribution in [1.82, 2.24) is 14.8 Å². The number of hydrogen-bond donors (Lipinski definition) is 1. The second-order valence-corrected chi connectivity index (χ2v) is 4.46. The molecule has 0 aliphatic heterocycles. The smallest absolute Gasteiger partial charge is 0.270 e. The molecule has 0 fully saturated rings. The van der Waals surface area contributed by atoms with Crippen LogP contribution in [0.5, 0.6) is 11.5 Å². The third-order valence-corrected chi connectivity index (χ3v) is 2.76. The van der Waals surface area contributed by atoms with Crippen molar-refractivity contribution < 1.29 is 9.47 Å². The molecule has 112 valence electrons. The highest BCUT2D eigenvalue weighted by molar-refractivity contribution is 5.26. The Hall–Kier alpha value is -2.41. The molecule has 0 aromatic carbocycles. The van der Waals surface area contributed by atoms with Gasteiger partial charge in [0, 0.05) is 30.4 Å². The molecule has 0 atom stereocenters. The average Bonchev–Trinajstić information content (AvgIpc) is 2.47. The van der Waals surface area contributed by atoms with E-state index in [0.717, 1.165) is 5.69 Å². The van der Waals surface area contributed by atoms with Crippen molar-refractivity contribution in [3.05, 3.63) is 46.1 Å². The van der Waals surface area contributed by atoms with Crippen LogP contribution in [0.4, 0.5) is 0 Å². The fourth-order valence-corrected chi connectivity index (χ4v) is 1.85. The van der Waals surface area contributed by atoms with Crippen LogP contribution in [-0.4, -0.2) is 35.0 Å². The lowest BCUT2D eigenvalue weighted by Gasteiger charge is -2.08. The molecule has 0 aliphatic carbocycles. The second kappa shape index (κ2) is 6.85. The predicted molar refractivity (Wildman–Crippen MR) is 77.7 cm³/mol. The quantitative estimate of drug-likeness (QED) is 0.825.